The van der Waals surface area contributed by atoms with Crippen LogP contribution in [-0.2, 0) is 4.79 Å². The highest BCUT2D eigenvalue weighted by atomic mass is 16.3. The summed E-state index contributed by atoms with van der Waals surface area (Å²) < 4.78 is 0. The quantitative estimate of drug-likeness (QED) is 0.743. The highest BCUT2D eigenvalue weighted by molar-refractivity contribution is 5.82. The number of carbonyl (C=O) groups is 1. The van der Waals surface area contributed by atoms with Gasteiger partial charge >= 0.3 is 0 Å². The normalized spacial score (nSPS) is 29.9. The molecular weight excluding hydrogens is 204 g/mol. The van der Waals surface area contributed by atoms with Crippen molar-refractivity contribution in [2.24, 2.45) is 17.1 Å². The largest absolute Gasteiger partial charge is 0.391 e. The van der Waals surface area contributed by atoms with Gasteiger partial charge in [-0.3, -0.25) is 4.79 Å². The molecule has 1 saturated heterocycles. The molecule has 0 radical (unpaired) electrons. The van der Waals surface area contributed by atoms with Crippen LogP contribution in [0.25, 0.3) is 0 Å². The number of nitrogens with two attached hydrogens (primary N) is 1. The summed E-state index contributed by atoms with van der Waals surface area (Å²) in [6.45, 7) is 7.47. The summed E-state index contributed by atoms with van der Waals surface area (Å²) in [5.74, 6) is 0.373. The zero-order chi connectivity index (χ0) is 12.3. The molecule has 1 fully saturated rings. The smallest absolute Gasteiger partial charge is 0.229 e. The Labute approximate surface area is 97.8 Å². The lowest BCUT2D eigenvalue weighted by atomic mass is 9.84. The number of hydrogen-bond acceptors (Lipinski definition) is 3. The molecule has 0 bridgehead atoms. The number of rotatable bonds is 3. The van der Waals surface area contributed by atoms with E-state index in [1.54, 1.807) is 4.90 Å². The second-order valence-corrected chi connectivity index (χ2v) is 5.20. The van der Waals surface area contributed by atoms with Gasteiger partial charge in [0.05, 0.1) is 11.5 Å². The number of carbonyl (C=O) groups excluding carboxylic acids is 1. The predicted octanol–water partition coefficient (Wildman–Crippen LogP) is 0.591. The summed E-state index contributed by atoms with van der Waals surface area (Å²) >= 11 is 0. The van der Waals surface area contributed by atoms with Crippen LogP contribution in [0, 0.1) is 11.3 Å². The van der Waals surface area contributed by atoms with Gasteiger partial charge in [-0.2, -0.15) is 0 Å². The van der Waals surface area contributed by atoms with Gasteiger partial charge < -0.3 is 15.7 Å². The molecule has 16 heavy (non-hydrogen) atoms. The van der Waals surface area contributed by atoms with Crippen molar-refractivity contribution in [2.45, 2.75) is 39.7 Å². The van der Waals surface area contributed by atoms with E-state index in [2.05, 4.69) is 0 Å². The lowest BCUT2D eigenvalue weighted by Crippen LogP contribution is -2.52. The van der Waals surface area contributed by atoms with Crippen LogP contribution in [-0.4, -0.2) is 41.7 Å². The maximum absolute atomic E-state index is 12.3. The van der Waals surface area contributed by atoms with E-state index in [0.29, 0.717) is 13.1 Å². The summed E-state index contributed by atoms with van der Waals surface area (Å²) in [5, 5.41) is 9.78. The third kappa shape index (κ3) is 2.55. The molecule has 0 aliphatic carbocycles. The molecule has 94 valence electrons. The molecule has 3 unspecified atom stereocenters. The Kier molecular flexibility index (Phi) is 4.33. The number of hydrogen-bond donors (Lipinski definition) is 2. The third-order valence-corrected chi connectivity index (χ3v) is 3.95. The highest BCUT2D eigenvalue weighted by Crippen LogP contribution is 2.26. The first kappa shape index (κ1) is 13.5. The van der Waals surface area contributed by atoms with E-state index in [1.807, 2.05) is 20.8 Å². The number of piperidine rings is 1. The zero-order valence-electron chi connectivity index (χ0n) is 10.6. The van der Waals surface area contributed by atoms with Crippen molar-refractivity contribution < 1.29 is 9.90 Å². The van der Waals surface area contributed by atoms with Gasteiger partial charge in [0.2, 0.25) is 5.91 Å². The second-order valence-electron chi connectivity index (χ2n) is 5.20. The molecule has 0 spiro atoms. The maximum Gasteiger partial charge on any atom is 0.229 e. The van der Waals surface area contributed by atoms with Gasteiger partial charge in [-0.15, -0.1) is 0 Å². The van der Waals surface area contributed by atoms with E-state index in [4.69, 9.17) is 5.73 Å². The molecule has 1 aliphatic heterocycles. The molecule has 4 heteroatoms. The first-order chi connectivity index (χ1) is 7.44. The Bertz CT molecular complexity index is 251. The summed E-state index contributed by atoms with van der Waals surface area (Å²) in [4.78, 5) is 14.0. The van der Waals surface area contributed by atoms with Crippen LogP contribution in [0.4, 0.5) is 0 Å². The second kappa shape index (κ2) is 5.15. The molecule has 1 rings (SSSR count). The lowest BCUT2D eigenvalue weighted by molar-refractivity contribution is -0.145. The van der Waals surface area contributed by atoms with Crippen LogP contribution in [0.5, 0.6) is 0 Å². The van der Waals surface area contributed by atoms with Crippen LogP contribution in [0.3, 0.4) is 0 Å². The summed E-state index contributed by atoms with van der Waals surface area (Å²) in [6, 6.07) is 0. The summed E-state index contributed by atoms with van der Waals surface area (Å²) in [7, 11) is 0. The Hall–Kier alpha value is -0.610. The zero-order valence-corrected chi connectivity index (χ0v) is 10.6. The molecule has 0 saturated carbocycles. The van der Waals surface area contributed by atoms with Crippen molar-refractivity contribution in [3.8, 4) is 0 Å². The van der Waals surface area contributed by atoms with Gasteiger partial charge in [0, 0.05) is 19.6 Å². The van der Waals surface area contributed by atoms with Crippen molar-refractivity contribution >= 4 is 5.91 Å². The minimum Gasteiger partial charge on any atom is -0.391 e. The van der Waals surface area contributed by atoms with Crippen LogP contribution < -0.4 is 5.73 Å². The van der Waals surface area contributed by atoms with E-state index in [1.165, 1.54) is 0 Å². The minimum atomic E-state index is -0.472. The first-order valence-corrected chi connectivity index (χ1v) is 6.12. The number of aliphatic hydroxyl groups is 1. The standard InChI is InChI=1S/C12H24N2O2/c1-4-12(3,8-13)11(16)14-6-5-9(2)10(15)7-14/h9-10,15H,4-8,13H2,1-3H3. The van der Waals surface area contributed by atoms with Crippen molar-refractivity contribution in [1.29, 1.82) is 0 Å². The average molecular weight is 228 g/mol. The van der Waals surface area contributed by atoms with Crippen molar-refractivity contribution in [3.05, 3.63) is 0 Å². The molecule has 1 amide bonds. The summed E-state index contributed by atoms with van der Waals surface area (Å²) in [5.41, 5.74) is 5.21. The van der Waals surface area contributed by atoms with Gasteiger partial charge in [-0.1, -0.05) is 13.8 Å². The summed E-state index contributed by atoms with van der Waals surface area (Å²) in [6.07, 6.45) is 1.22. The van der Waals surface area contributed by atoms with Crippen molar-refractivity contribution in [1.82, 2.24) is 4.90 Å². The highest BCUT2D eigenvalue weighted by Gasteiger charge is 2.36. The predicted molar refractivity (Wildman–Crippen MR) is 63.8 cm³/mol. The molecule has 1 aliphatic rings. The number of nitrogens with zero attached hydrogens (tertiary/aromatic N) is 1. The molecular formula is C12H24N2O2. The van der Waals surface area contributed by atoms with Crippen LogP contribution in [0.2, 0.25) is 0 Å². The van der Waals surface area contributed by atoms with Crippen LogP contribution >= 0.6 is 0 Å². The number of β-amino-alcohol motifs (C(OH)–C–C–N with tert-alkyl or cyclic N) is 1. The Morgan fingerprint density at radius 2 is 2.25 bits per heavy atom. The SMILES string of the molecule is CCC(C)(CN)C(=O)N1CCC(C)C(O)C1. The molecule has 3 atom stereocenters. The topological polar surface area (TPSA) is 66.6 Å². The van der Waals surface area contributed by atoms with Gasteiger partial charge in [0.25, 0.3) is 0 Å². The van der Waals surface area contributed by atoms with E-state index in [0.717, 1.165) is 19.4 Å². The minimum absolute atomic E-state index is 0.0865. The number of aliphatic hydroxyl groups excluding tert-OH is 1. The van der Waals surface area contributed by atoms with Gasteiger partial charge in [0.15, 0.2) is 0 Å². The third-order valence-electron chi connectivity index (χ3n) is 3.95. The van der Waals surface area contributed by atoms with Crippen molar-refractivity contribution in [2.75, 3.05) is 19.6 Å². The van der Waals surface area contributed by atoms with Crippen molar-refractivity contribution in [3.63, 3.8) is 0 Å². The fourth-order valence-corrected chi connectivity index (χ4v) is 2.00. The number of likely N-dealkylation sites (tertiary alicyclic amines) is 1. The number of amides is 1. The molecule has 0 aromatic rings. The maximum atomic E-state index is 12.3. The first-order valence-electron chi connectivity index (χ1n) is 6.12. The Morgan fingerprint density at radius 1 is 1.62 bits per heavy atom. The monoisotopic (exact) mass is 228 g/mol. The fraction of sp³-hybridized carbons (Fsp3) is 0.917. The molecule has 0 aromatic carbocycles. The van der Waals surface area contributed by atoms with Crippen LogP contribution in [0.1, 0.15) is 33.6 Å². The van der Waals surface area contributed by atoms with E-state index < -0.39 is 11.5 Å². The Morgan fingerprint density at radius 3 is 2.69 bits per heavy atom. The molecule has 1 heterocycles. The average Bonchev–Trinajstić information content (AvgIpc) is 2.30. The van der Waals surface area contributed by atoms with Gasteiger partial charge in [-0.25, -0.2) is 0 Å². The van der Waals surface area contributed by atoms with Gasteiger partial charge in [-0.05, 0) is 25.7 Å². The molecule has 3 N–H and O–H groups in total. The van der Waals surface area contributed by atoms with E-state index >= 15 is 0 Å². The van der Waals surface area contributed by atoms with E-state index in [-0.39, 0.29) is 11.8 Å². The Balaban J connectivity index is 2.68. The lowest BCUT2D eigenvalue weighted by Gasteiger charge is -2.39. The molecule has 4 nitrogen and oxygen atoms in total. The molecule has 0 aromatic heterocycles. The van der Waals surface area contributed by atoms with Gasteiger partial charge in [0.1, 0.15) is 0 Å². The van der Waals surface area contributed by atoms with Crippen LogP contribution in [0.15, 0.2) is 0 Å². The fourth-order valence-electron chi connectivity index (χ4n) is 2.00. The van der Waals surface area contributed by atoms with E-state index in [9.17, 15) is 9.90 Å².